The van der Waals surface area contributed by atoms with Crippen LogP contribution in [-0.2, 0) is 11.1 Å². The number of aliphatic hydroxyl groups is 2. The summed E-state index contributed by atoms with van der Waals surface area (Å²) in [6.45, 7) is 6.95. The van der Waals surface area contributed by atoms with Gasteiger partial charge in [-0.2, -0.15) is 0 Å². The predicted octanol–water partition coefficient (Wildman–Crippen LogP) is 4.72. The van der Waals surface area contributed by atoms with Gasteiger partial charge < -0.3 is 25.4 Å². The lowest BCUT2D eigenvalue weighted by molar-refractivity contribution is 0.0396. The monoisotopic (exact) mass is 510 g/mol. The highest BCUT2D eigenvalue weighted by Crippen LogP contribution is 2.33. The summed E-state index contributed by atoms with van der Waals surface area (Å²) in [6, 6.07) is 14.3. The first-order valence-corrected chi connectivity index (χ1v) is 12.1. The second-order valence-electron chi connectivity index (χ2n) is 10.1. The van der Waals surface area contributed by atoms with Gasteiger partial charge in [-0.3, -0.25) is 4.79 Å². The number of aromatic nitrogens is 1. The van der Waals surface area contributed by atoms with E-state index in [1.807, 2.05) is 19.9 Å². The van der Waals surface area contributed by atoms with E-state index in [0.29, 0.717) is 34.0 Å². The second kappa shape index (κ2) is 11.4. The van der Waals surface area contributed by atoms with Crippen LogP contribution < -0.4 is 15.2 Å². The SMILES string of the molecule is COc1ccc(C(=O)CCC(C)(O)c2cc(C(C)(C)N)cc(-c3ccc(F)cc3)n2)cc1OC[C@@H](C)O. The Morgan fingerprint density at radius 3 is 2.35 bits per heavy atom. The van der Waals surface area contributed by atoms with Gasteiger partial charge in [0.15, 0.2) is 17.3 Å². The molecule has 7 nitrogen and oxygen atoms in total. The van der Waals surface area contributed by atoms with E-state index in [1.54, 1.807) is 50.2 Å². The topological polar surface area (TPSA) is 115 Å². The van der Waals surface area contributed by atoms with E-state index >= 15 is 0 Å². The molecule has 1 unspecified atom stereocenters. The molecule has 0 saturated carbocycles. The van der Waals surface area contributed by atoms with Gasteiger partial charge in [-0.05, 0) is 94.3 Å². The molecule has 8 heteroatoms. The normalized spacial score (nSPS) is 14.1. The third-order valence-corrected chi connectivity index (χ3v) is 6.07. The molecule has 198 valence electrons. The lowest BCUT2D eigenvalue weighted by Gasteiger charge is -2.27. The number of Topliss-reactive ketones (excluding diaryl/α,β-unsaturated/α-hetero) is 1. The van der Waals surface area contributed by atoms with Crippen LogP contribution >= 0.6 is 0 Å². The van der Waals surface area contributed by atoms with Gasteiger partial charge in [0.25, 0.3) is 0 Å². The van der Waals surface area contributed by atoms with Crippen molar-refractivity contribution in [1.82, 2.24) is 4.98 Å². The molecule has 3 rings (SSSR count). The first kappa shape index (κ1) is 28.2. The Hall–Kier alpha value is -3.33. The lowest BCUT2D eigenvalue weighted by atomic mass is 9.88. The van der Waals surface area contributed by atoms with Crippen LogP contribution in [-0.4, -0.2) is 40.8 Å². The molecule has 4 N–H and O–H groups in total. The van der Waals surface area contributed by atoms with E-state index in [9.17, 15) is 19.4 Å². The van der Waals surface area contributed by atoms with Gasteiger partial charge in [0.05, 0.1) is 24.6 Å². The Morgan fingerprint density at radius 1 is 1.08 bits per heavy atom. The van der Waals surface area contributed by atoms with E-state index in [1.165, 1.54) is 19.2 Å². The van der Waals surface area contributed by atoms with Crippen molar-refractivity contribution in [2.24, 2.45) is 5.73 Å². The summed E-state index contributed by atoms with van der Waals surface area (Å²) in [5.74, 6) is 0.245. The molecule has 0 aliphatic heterocycles. The van der Waals surface area contributed by atoms with Crippen LogP contribution in [0.1, 0.15) is 62.2 Å². The van der Waals surface area contributed by atoms with E-state index < -0.39 is 17.2 Å². The molecule has 2 aromatic carbocycles. The number of methoxy groups -OCH3 is 1. The Bertz CT molecular complexity index is 1230. The molecule has 0 fully saturated rings. The van der Waals surface area contributed by atoms with Crippen molar-refractivity contribution in [2.45, 2.75) is 57.8 Å². The number of nitrogens with two attached hydrogens (primary N) is 1. The maximum Gasteiger partial charge on any atom is 0.163 e. The van der Waals surface area contributed by atoms with Crippen LogP contribution in [0.4, 0.5) is 4.39 Å². The molecule has 0 aliphatic carbocycles. The highest BCUT2D eigenvalue weighted by Gasteiger charge is 2.29. The zero-order valence-corrected chi connectivity index (χ0v) is 21.9. The highest BCUT2D eigenvalue weighted by molar-refractivity contribution is 5.96. The average Bonchev–Trinajstić information content (AvgIpc) is 2.85. The van der Waals surface area contributed by atoms with Crippen molar-refractivity contribution < 1.29 is 28.9 Å². The van der Waals surface area contributed by atoms with Gasteiger partial charge in [-0.15, -0.1) is 0 Å². The molecule has 3 aromatic rings. The summed E-state index contributed by atoms with van der Waals surface area (Å²) in [5, 5.41) is 20.9. The zero-order chi connectivity index (χ0) is 27.4. The van der Waals surface area contributed by atoms with Gasteiger partial charge in [0.1, 0.15) is 18.0 Å². The third kappa shape index (κ3) is 7.35. The summed E-state index contributed by atoms with van der Waals surface area (Å²) in [6.07, 6.45) is -0.536. The van der Waals surface area contributed by atoms with Crippen LogP contribution in [0, 0.1) is 5.82 Å². The van der Waals surface area contributed by atoms with Crippen LogP contribution in [0.3, 0.4) is 0 Å². The van der Waals surface area contributed by atoms with Crippen LogP contribution in [0.2, 0.25) is 0 Å². The van der Waals surface area contributed by atoms with Crippen LogP contribution in [0.15, 0.2) is 54.6 Å². The van der Waals surface area contributed by atoms with E-state index in [-0.39, 0.29) is 31.0 Å². The standard InChI is InChI=1S/C29H35FN2O5/c1-18(33)17-37-26-14-20(8-11-25(26)36-5)24(34)12-13-29(4,35)27-16-21(28(2,3)31)15-23(32-27)19-6-9-22(30)10-7-19/h6-11,14-16,18,33,35H,12-13,17,31H2,1-5H3/t18-,29?/m1/s1. The Kier molecular flexibility index (Phi) is 8.68. The fraction of sp³-hybridized carbons (Fsp3) is 0.379. The summed E-state index contributed by atoms with van der Waals surface area (Å²) >= 11 is 0. The Labute approximate surface area is 217 Å². The third-order valence-electron chi connectivity index (χ3n) is 6.07. The second-order valence-corrected chi connectivity index (χ2v) is 10.1. The molecule has 0 aliphatic rings. The first-order valence-electron chi connectivity index (χ1n) is 12.1. The number of benzene rings is 2. The number of rotatable bonds is 11. The van der Waals surface area contributed by atoms with Crippen molar-refractivity contribution in [3.8, 4) is 22.8 Å². The van der Waals surface area contributed by atoms with Gasteiger partial charge >= 0.3 is 0 Å². The number of carbonyl (C=O) groups excluding carboxylic acids is 1. The minimum Gasteiger partial charge on any atom is -0.493 e. The molecule has 1 aromatic heterocycles. The van der Waals surface area contributed by atoms with Gasteiger partial charge in [-0.1, -0.05) is 0 Å². The molecule has 1 heterocycles. The van der Waals surface area contributed by atoms with Crippen LogP contribution in [0.5, 0.6) is 11.5 Å². The smallest absolute Gasteiger partial charge is 0.163 e. The number of halogens is 1. The molecule has 37 heavy (non-hydrogen) atoms. The van der Waals surface area contributed by atoms with Crippen molar-refractivity contribution >= 4 is 5.78 Å². The minimum atomic E-state index is -1.44. The average molecular weight is 511 g/mol. The molecular weight excluding hydrogens is 475 g/mol. The number of hydrogen-bond acceptors (Lipinski definition) is 7. The van der Waals surface area contributed by atoms with Crippen molar-refractivity contribution in [3.05, 3.63) is 77.2 Å². The van der Waals surface area contributed by atoms with Gasteiger partial charge in [0.2, 0.25) is 0 Å². The molecule has 0 saturated heterocycles. The number of nitrogens with zero attached hydrogens (tertiary/aromatic N) is 1. The Balaban J connectivity index is 1.86. The molecule has 0 spiro atoms. The number of ether oxygens (including phenoxy) is 2. The molecule has 0 radical (unpaired) electrons. The summed E-state index contributed by atoms with van der Waals surface area (Å²) in [5.41, 5.74) is 6.94. The summed E-state index contributed by atoms with van der Waals surface area (Å²) < 4.78 is 24.3. The van der Waals surface area contributed by atoms with Crippen molar-refractivity contribution in [2.75, 3.05) is 13.7 Å². The van der Waals surface area contributed by atoms with Gasteiger partial charge in [0, 0.05) is 23.1 Å². The van der Waals surface area contributed by atoms with E-state index in [2.05, 4.69) is 4.98 Å². The van der Waals surface area contributed by atoms with Crippen LogP contribution in [0.25, 0.3) is 11.3 Å². The van der Waals surface area contributed by atoms with Crippen molar-refractivity contribution in [1.29, 1.82) is 0 Å². The Morgan fingerprint density at radius 2 is 1.76 bits per heavy atom. The molecule has 0 bridgehead atoms. The zero-order valence-electron chi connectivity index (χ0n) is 21.9. The number of carbonyl (C=O) groups is 1. The fourth-order valence-corrected chi connectivity index (χ4v) is 3.75. The largest absolute Gasteiger partial charge is 0.493 e. The maximum absolute atomic E-state index is 13.5. The van der Waals surface area contributed by atoms with E-state index in [4.69, 9.17) is 15.2 Å². The number of ketones is 1. The predicted molar refractivity (Wildman–Crippen MR) is 140 cm³/mol. The van der Waals surface area contributed by atoms with Gasteiger partial charge in [-0.25, -0.2) is 9.37 Å². The molecular formula is C29H35FN2O5. The van der Waals surface area contributed by atoms with E-state index in [0.717, 1.165) is 5.56 Å². The molecule has 2 atom stereocenters. The lowest BCUT2D eigenvalue weighted by Crippen LogP contribution is -2.31. The highest BCUT2D eigenvalue weighted by atomic mass is 19.1. The summed E-state index contributed by atoms with van der Waals surface area (Å²) in [7, 11) is 1.49. The number of aliphatic hydroxyl groups excluding tert-OH is 1. The first-order chi connectivity index (χ1) is 17.3. The fourth-order valence-electron chi connectivity index (χ4n) is 3.75. The molecule has 0 amide bonds. The maximum atomic E-state index is 13.5. The number of pyridine rings is 1. The summed E-state index contributed by atoms with van der Waals surface area (Å²) in [4.78, 5) is 17.7. The van der Waals surface area contributed by atoms with Crippen molar-refractivity contribution in [3.63, 3.8) is 0 Å². The quantitative estimate of drug-likeness (QED) is 0.320. The number of hydrogen-bond donors (Lipinski definition) is 3. The minimum absolute atomic E-state index is 0.0407.